The quantitative estimate of drug-likeness (QED) is 0.558. The second-order valence-corrected chi connectivity index (χ2v) is 7.00. The fourth-order valence-electron chi connectivity index (χ4n) is 1.54. The molecule has 2 aromatic carbocycles. The zero-order chi connectivity index (χ0) is 14.0. The number of hydrogen-bond donors (Lipinski definition) is 1. The molecule has 0 saturated carbocycles. The van der Waals surface area contributed by atoms with E-state index in [1.165, 1.54) is 0 Å². The van der Waals surface area contributed by atoms with Gasteiger partial charge in [0.2, 0.25) is 0 Å². The Hall–Kier alpha value is -0.400. The van der Waals surface area contributed by atoms with E-state index < -0.39 is 0 Å². The average molecular weight is 495 g/mol. The molecule has 0 atom stereocenters. The third-order valence-electron chi connectivity index (χ3n) is 2.60. The normalized spacial score (nSPS) is 10.3. The molecule has 0 heterocycles. The van der Waals surface area contributed by atoms with E-state index in [9.17, 15) is 4.79 Å². The summed E-state index contributed by atoms with van der Waals surface area (Å²) in [6, 6.07) is 11.4. The summed E-state index contributed by atoms with van der Waals surface area (Å²) in [5.41, 5.74) is 2.53. The van der Waals surface area contributed by atoms with E-state index in [2.05, 4.69) is 59.8 Å². The number of carbonyl (C=O) groups excluding carboxylic acids is 1. The van der Waals surface area contributed by atoms with Crippen LogP contribution in [0, 0.1) is 10.5 Å². The number of halogens is 3. The maximum absolute atomic E-state index is 12.2. The van der Waals surface area contributed by atoms with Gasteiger partial charge in [-0.2, -0.15) is 0 Å². The van der Waals surface area contributed by atoms with Gasteiger partial charge in [-0.05, 0) is 81.3 Å². The van der Waals surface area contributed by atoms with Gasteiger partial charge in [0, 0.05) is 18.2 Å². The van der Waals surface area contributed by atoms with Crippen LogP contribution in [-0.2, 0) is 0 Å². The van der Waals surface area contributed by atoms with Gasteiger partial charge in [0.25, 0.3) is 5.91 Å². The van der Waals surface area contributed by atoms with Gasteiger partial charge >= 0.3 is 0 Å². The van der Waals surface area contributed by atoms with Crippen LogP contribution < -0.4 is 5.32 Å². The van der Waals surface area contributed by atoms with Crippen LogP contribution in [0.2, 0.25) is 0 Å². The lowest BCUT2D eigenvalue weighted by Crippen LogP contribution is -2.12. The molecule has 0 unspecified atom stereocenters. The lowest BCUT2D eigenvalue weighted by molar-refractivity contribution is 0.102. The Balaban J connectivity index is 2.25. The van der Waals surface area contributed by atoms with E-state index in [1.807, 2.05) is 43.3 Å². The lowest BCUT2D eigenvalue weighted by atomic mass is 10.2. The van der Waals surface area contributed by atoms with Crippen molar-refractivity contribution in [3.63, 3.8) is 0 Å². The van der Waals surface area contributed by atoms with Crippen LogP contribution in [0.1, 0.15) is 15.9 Å². The van der Waals surface area contributed by atoms with Crippen molar-refractivity contribution in [3.8, 4) is 0 Å². The van der Waals surface area contributed by atoms with Crippen molar-refractivity contribution in [2.45, 2.75) is 6.92 Å². The highest BCUT2D eigenvalue weighted by Gasteiger charge is 2.11. The van der Waals surface area contributed by atoms with Gasteiger partial charge < -0.3 is 5.32 Å². The Kier molecular flexibility index (Phi) is 5.03. The number of anilines is 1. The minimum Gasteiger partial charge on any atom is -0.322 e. The second-order valence-electron chi connectivity index (χ2n) is 4.04. The molecule has 0 aliphatic heterocycles. The number of hydrogen-bond acceptors (Lipinski definition) is 1. The van der Waals surface area contributed by atoms with Crippen LogP contribution in [0.5, 0.6) is 0 Å². The van der Waals surface area contributed by atoms with Gasteiger partial charge in [-0.15, -0.1) is 0 Å². The molecular weight excluding hydrogens is 485 g/mol. The molecule has 1 amide bonds. The molecule has 0 aromatic heterocycles. The first-order chi connectivity index (χ1) is 8.97. The summed E-state index contributed by atoms with van der Waals surface area (Å²) in [5.74, 6) is -0.124. The Morgan fingerprint density at radius 2 is 1.84 bits per heavy atom. The van der Waals surface area contributed by atoms with E-state index in [-0.39, 0.29) is 5.91 Å². The molecule has 0 radical (unpaired) electrons. The molecule has 0 fully saturated rings. The third-order valence-corrected chi connectivity index (χ3v) is 4.82. The predicted molar refractivity (Wildman–Crippen MR) is 93.7 cm³/mol. The van der Waals surface area contributed by atoms with E-state index >= 15 is 0 Å². The van der Waals surface area contributed by atoms with Crippen LogP contribution in [-0.4, -0.2) is 5.91 Å². The highest BCUT2D eigenvalue weighted by Crippen LogP contribution is 2.23. The summed E-state index contributed by atoms with van der Waals surface area (Å²) in [5, 5.41) is 2.89. The first-order valence-electron chi connectivity index (χ1n) is 5.50. The molecular formula is C14H10Br2INO. The van der Waals surface area contributed by atoms with Crippen molar-refractivity contribution in [2.75, 3.05) is 5.32 Å². The Morgan fingerprint density at radius 3 is 2.53 bits per heavy atom. The van der Waals surface area contributed by atoms with Crippen molar-refractivity contribution in [1.29, 1.82) is 0 Å². The molecule has 0 saturated heterocycles. The average Bonchev–Trinajstić information content (AvgIpc) is 2.36. The minimum absolute atomic E-state index is 0.124. The summed E-state index contributed by atoms with van der Waals surface area (Å²) < 4.78 is 2.79. The number of nitrogens with one attached hydrogen (secondary N) is 1. The molecule has 2 rings (SSSR count). The van der Waals surface area contributed by atoms with Gasteiger partial charge in [0.1, 0.15) is 0 Å². The summed E-state index contributed by atoms with van der Waals surface area (Å²) in [4.78, 5) is 12.2. The van der Waals surface area contributed by atoms with Crippen molar-refractivity contribution in [3.05, 3.63) is 60.0 Å². The number of amides is 1. The number of benzene rings is 2. The maximum atomic E-state index is 12.2. The lowest BCUT2D eigenvalue weighted by Gasteiger charge is -2.08. The highest BCUT2D eigenvalue weighted by molar-refractivity contribution is 14.1. The molecule has 19 heavy (non-hydrogen) atoms. The number of rotatable bonds is 2. The van der Waals surface area contributed by atoms with Gasteiger partial charge in [-0.1, -0.05) is 22.0 Å². The summed E-state index contributed by atoms with van der Waals surface area (Å²) in [6.07, 6.45) is 0. The molecule has 98 valence electrons. The third kappa shape index (κ3) is 3.79. The van der Waals surface area contributed by atoms with Crippen molar-refractivity contribution < 1.29 is 4.79 Å². The molecule has 1 N–H and O–H groups in total. The molecule has 0 spiro atoms. The van der Waals surface area contributed by atoms with Crippen molar-refractivity contribution in [2.24, 2.45) is 0 Å². The van der Waals surface area contributed by atoms with Crippen LogP contribution in [0.4, 0.5) is 5.69 Å². The fourth-order valence-corrected chi connectivity index (χ4v) is 2.84. The largest absolute Gasteiger partial charge is 0.322 e. The summed E-state index contributed by atoms with van der Waals surface area (Å²) in [7, 11) is 0. The van der Waals surface area contributed by atoms with Crippen molar-refractivity contribution >= 4 is 66.0 Å². The Bertz CT molecular complexity index is 643. The molecule has 5 heteroatoms. The monoisotopic (exact) mass is 493 g/mol. The van der Waals surface area contributed by atoms with E-state index in [1.54, 1.807) is 0 Å². The predicted octanol–water partition coefficient (Wildman–Crippen LogP) is 5.38. The summed E-state index contributed by atoms with van der Waals surface area (Å²) >= 11 is 9.04. The standard InChI is InChI=1S/C14H10Br2INO/c1-8-2-4-10(7-13(8)16)18-14(19)11-6-9(17)3-5-12(11)15/h2-7H,1H3,(H,18,19). The Labute approximate surface area is 142 Å². The van der Waals surface area contributed by atoms with E-state index in [4.69, 9.17) is 0 Å². The van der Waals surface area contributed by atoms with Gasteiger partial charge in [-0.3, -0.25) is 4.79 Å². The van der Waals surface area contributed by atoms with Crippen LogP contribution >= 0.6 is 54.5 Å². The Morgan fingerprint density at radius 1 is 1.11 bits per heavy atom. The summed E-state index contributed by atoms with van der Waals surface area (Å²) in [6.45, 7) is 2.01. The zero-order valence-electron chi connectivity index (χ0n) is 10.0. The highest BCUT2D eigenvalue weighted by atomic mass is 127. The van der Waals surface area contributed by atoms with E-state index in [0.717, 1.165) is 23.8 Å². The van der Waals surface area contributed by atoms with Gasteiger partial charge in [0.05, 0.1) is 5.56 Å². The molecule has 2 aromatic rings. The fraction of sp³-hybridized carbons (Fsp3) is 0.0714. The minimum atomic E-state index is -0.124. The SMILES string of the molecule is Cc1ccc(NC(=O)c2cc(I)ccc2Br)cc1Br. The van der Waals surface area contributed by atoms with Crippen LogP contribution in [0.3, 0.4) is 0 Å². The molecule has 0 aliphatic carbocycles. The first kappa shape index (κ1) is 15.0. The molecule has 2 nitrogen and oxygen atoms in total. The van der Waals surface area contributed by atoms with Crippen LogP contribution in [0.25, 0.3) is 0 Å². The topological polar surface area (TPSA) is 29.1 Å². The second kappa shape index (κ2) is 6.37. The smallest absolute Gasteiger partial charge is 0.256 e. The number of carbonyl (C=O) groups is 1. The first-order valence-corrected chi connectivity index (χ1v) is 8.16. The van der Waals surface area contributed by atoms with Gasteiger partial charge in [0.15, 0.2) is 0 Å². The van der Waals surface area contributed by atoms with E-state index in [0.29, 0.717) is 5.56 Å². The van der Waals surface area contributed by atoms with Crippen molar-refractivity contribution in [1.82, 2.24) is 0 Å². The van der Waals surface area contributed by atoms with Crippen LogP contribution in [0.15, 0.2) is 45.3 Å². The molecule has 0 aliphatic rings. The zero-order valence-corrected chi connectivity index (χ0v) is 15.3. The van der Waals surface area contributed by atoms with Gasteiger partial charge in [-0.25, -0.2) is 0 Å². The molecule has 0 bridgehead atoms. The number of aryl methyl sites for hydroxylation is 1. The maximum Gasteiger partial charge on any atom is 0.256 e.